The molecule has 0 fully saturated rings. The largest absolute Gasteiger partial charge is 0.454 e. The van der Waals surface area contributed by atoms with Gasteiger partial charge in [0.15, 0.2) is 11.5 Å². The van der Waals surface area contributed by atoms with E-state index in [0.717, 1.165) is 16.0 Å². The second-order valence-corrected chi connectivity index (χ2v) is 8.29. The number of thiophene rings is 1. The molecule has 31 heavy (non-hydrogen) atoms. The average molecular weight is 433 g/mol. The summed E-state index contributed by atoms with van der Waals surface area (Å²) in [4.78, 5) is 32.3. The number of rotatable bonds is 4. The Hall–Kier alpha value is -3.65. The Morgan fingerprint density at radius 1 is 1.16 bits per heavy atom. The molecule has 1 amide bonds. The van der Waals surface area contributed by atoms with Crippen LogP contribution in [0.3, 0.4) is 0 Å². The SMILES string of the molecule is Cc1c(-c2ccccc2)sc2ncn([C@@H](C)C(=O)Nc3ccc4c(c3)OCO4)c(=O)c12. The highest BCUT2D eigenvalue weighted by molar-refractivity contribution is 7.22. The molecule has 4 aromatic rings. The van der Waals surface area contributed by atoms with Crippen molar-refractivity contribution in [3.8, 4) is 21.9 Å². The second-order valence-electron chi connectivity index (χ2n) is 7.29. The lowest BCUT2D eigenvalue weighted by Gasteiger charge is -2.15. The Balaban J connectivity index is 1.47. The van der Waals surface area contributed by atoms with Crippen molar-refractivity contribution in [2.75, 3.05) is 12.1 Å². The fourth-order valence-corrected chi connectivity index (χ4v) is 4.77. The Morgan fingerprint density at radius 2 is 1.94 bits per heavy atom. The van der Waals surface area contributed by atoms with Crippen molar-refractivity contribution in [3.05, 3.63) is 70.8 Å². The van der Waals surface area contributed by atoms with Crippen LogP contribution in [0.5, 0.6) is 11.5 Å². The molecule has 3 heterocycles. The molecule has 0 bridgehead atoms. The molecular formula is C23H19N3O4S. The topological polar surface area (TPSA) is 82.5 Å². The van der Waals surface area contributed by atoms with Crippen molar-refractivity contribution in [2.24, 2.45) is 0 Å². The Kier molecular flexibility index (Phi) is 4.71. The molecule has 156 valence electrons. The number of aromatic nitrogens is 2. The molecule has 2 aromatic heterocycles. The van der Waals surface area contributed by atoms with Crippen LogP contribution in [0.4, 0.5) is 5.69 Å². The van der Waals surface area contributed by atoms with Crippen molar-refractivity contribution in [1.82, 2.24) is 9.55 Å². The number of nitrogens with one attached hydrogen (secondary N) is 1. The first-order valence-corrected chi connectivity index (χ1v) is 10.6. The third kappa shape index (κ3) is 3.34. The number of fused-ring (bicyclic) bond motifs is 2. The van der Waals surface area contributed by atoms with Crippen LogP contribution in [-0.4, -0.2) is 22.3 Å². The normalized spacial score (nSPS) is 13.4. The maximum absolute atomic E-state index is 13.3. The lowest BCUT2D eigenvalue weighted by atomic mass is 10.1. The number of aryl methyl sites for hydroxylation is 1. The molecule has 0 radical (unpaired) electrons. The molecule has 0 saturated heterocycles. The van der Waals surface area contributed by atoms with Crippen LogP contribution in [0.1, 0.15) is 18.5 Å². The summed E-state index contributed by atoms with van der Waals surface area (Å²) in [5.74, 6) is 0.894. The Morgan fingerprint density at radius 3 is 2.74 bits per heavy atom. The first-order chi connectivity index (χ1) is 15.0. The Bertz CT molecular complexity index is 1360. The molecule has 1 aliphatic rings. The lowest BCUT2D eigenvalue weighted by molar-refractivity contribution is -0.118. The molecule has 8 heteroatoms. The minimum absolute atomic E-state index is 0.162. The van der Waals surface area contributed by atoms with Crippen molar-refractivity contribution in [1.29, 1.82) is 0 Å². The van der Waals surface area contributed by atoms with Crippen LogP contribution >= 0.6 is 11.3 Å². The van der Waals surface area contributed by atoms with Crippen LogP contribution in [0.2, 0.25) is 0 Å². The minimum atomic E-state index is -0.741. The molecule has 0 saturated carbocycles. The van der Waals surface area contributed by atoms with Gasteiger partial charge in [0.1, 0.15) is 10.9 Å². The number of carbonyl (C=O) groups excluding carboxylic acids is 1. The number of amides is 1. The maximum Gasteiger partial charge on any atom is 0.263 e. The summed E-state index contributed by atoms with van der Waals surface area (Å²) in [6, 6.07) is 14.3. The quantitative estimate of drug-likeness (QED) is 0.517. The van der Waals surface area contributed by atoms with Gasteiger partial charge in [0, 0.05) is 16.6 Å². The molecule has 7 nitrogen and oxygen atoms in total. The molecule has 0 spiro atoms. The van der Waals surface area contributed by atoms with E-state index in [1.807, 2.05) is 37.3 Å². The van der Waals surface area contributed by atoms with Gasteiger partial charge < -0.3 is 14.8 Å². The van der Waals surface area contributed by atoms with Crippen LogP contribution < -0.4 is 20.3 Å². The minimum Gasteiger partial charge on any atom is -0.454 e. The third-order valence-corrected chi connectivity index (χ3v) is 6.60. The third-order valence-electron chi connectivity index (χ3n) is 5.35. The van der Waals surface area contributed by atoms with Crippen LogP contribution in [0, 0.1) is 6.92 Å². The zero-order valence-corrected chi connectivity index (χ0v) is 17.7. The van der Waals surface area contributed by atoms with E-state index in [1.165, 1.54) is 22.2 Å². The standard InChI is InChI=1S/C23H19N3O4S/c1-13-19-22(31-20(13)15-6-4-3-5-7-15)24-11-26(23(19)28)14(2)21(27)25-16-8-9-17-18(10-16)30-12-29-17/h3-11,14H,12H2,1-2H3,(H,25,27)/t14-/m0/s1. The predicted molar refractivity (Wildman–Crippen MR) is 120 cm³/mol. The van der Waals surface area contributed by atoms with E-state index in [1.54, 1.807) is 25.1 Å². The van der Waals surface area contributed by atoms with Gasteiger partial charge in [0.2, 0.25) is 12.7 Å². The molecule has 1 aliphatic heterocycles. The van der Waals surface area contributed by atoms with Crippen molar-refractivity contribution < 1.29 is 14.3 Å². The molecule has 1 atom stereocenters. The van der Waals surface area contributed by atoms with Crippen LogP contribution in [0.15, 0.2) is 59.7 Å². The highest BCUT2D eigenvalue weighted by atomic mass is 32.1. The number of ether oxygens (including phenoxy) is 2. The monoisotopic (exact) mass is 433 g/mol. The van der Waals surface area contributed by atoms with E-state index in [4.69, 9.17) is 9.47 Å². The number of nitrogens with zero attached hydrogens (tertiary/aromatic N) is 2. The maximum atomic E-state index is 13.3. The summed E-state index contributed by atoms with van der Waals surface area (Å²) in [6.45, 7) is 3.76. The molecule has 5 rings (SSSR count). The number of carbonyl (C=O) groups is 1. The first-order valence-electron chi connectivity index (χ1n) is 9.79. The average Bonchev–Trinajstić information content (AvgIpc) is 3.38. The van der Waals surface area contributed by atoms with Gasteiger partial charge in [-0.2, -0.15) is 0 Å². The summed E-state index contributed by atoms with van der Waals surface area (Å²) in [5, 5.41) is 3.38. The summed E-state index contributed by atoms with van der Waals surface area (Å²) >= 11 is 1.48. The first kappa shape index (κ1) is 19.3. The van der Waals surface area contributed by atoms with Gasteiger partial charge in [-0.1, -0.05) is 30.3 Å². The zero-order chi connectivity index (χ0) is 21.5. The highest BCUT2D eigenvalue weighted by Gasteiger charge is 2.22. The molecule has 0 aliphatic carbocycles. The number of benzene rings is 2. The van der Waals surface area contributed by atoms with Crippen LogP contribution in [-0.2, 0) is 4.79 Å². The Labute approximate surface area is 181 Å². The zero-order valence-electron chi connectivity index (χ0n) is 16.9. The van der Waals surface area contributed by atoms with Crippen molar-refractivity contribution in [3.63, 3.8) is 0 Å². The van der Waals surface area contributed by atoms with E-state index in [0.29, 0.717) is 27.4 Å². The van der Waals surface area contributed by atoms with Gasteiger partial charge in [-0.05, 0) is 37.1 Å². The molecule has 1 N–H and O–H groups in total. The van der Waals surface area contributed by atoms with E-state index in [2.05, 4.69) is 10.3 Å². The van der Waals surface area contributed by atoms with Gasteiger partial charge in [-0.3, -0.25) is 14.2 Å². The molecule has 0 unspecified atom stereocenters. The van der Waals surface area contributed by atoms with Gasteiger partial charge in [0.25, 0.3) is 5.56 Å². The number of hydrogen-bond donors (Lipinski definition) is 1. The molecule has 2 aromatic carbocycles. The van der Waals surface area contributed by atoms with E-state index in [-0.39, 0.29) is 18.3 Å². The number of anilines is 1. The number of hydrogen-bond acceptors (Lipinski definition) is 6. The smallest absolute Gasteiger partial charge is 0.263 e. The fourth-order valence-electron chi connectivity index (χ4n) is 3.63. The van der Waals surface area contributed by atoms with E-state index in [9.17, 15) is 9.59 Å². The summed E-state index contributed by atoms with van der Waals surface area (Å²) in [7, 11) is 0. The van der Waals surface area contributed by atoms with E-state index >= 15 is 0 Å². The van der Waals surface area contributed by atoms with Gasteiger partial charge in [0.05, 0.1) is 11.7 Å². The second kappa shape index (κ2) is 7.55. The van der Waals surface area contributed by atoms with Gasteiger partial charge in [-0.25, -0.2) is 4.98 Å². The van der Waals surface area contributed by atoms with Crippen molar-refractivity contribution >= 4 is 33.1 Å². The summed E-state index contributed by atoms with van der Waals surface area (Å²) < 4.78 is 12.0. The summed E-state index contributed by atoms with van der Waals surface area (Å²) in [5.41, 5.74) is 2.26. The van der Waals surface area contributed by atoms with Gasteiger partial charge in [-0.15, -0.1) is 11.3 Å². The van der Waals surface area contributed by atoms with Gasteiger partial charge >= 0.3 is 0 Å². The molecular weight excluding hydrogens is 414 g/mol. The highest BCUT2D eigenvalue weighted by Crippen LogP contribution is 2.36. The van der Waals surface area contributed by atoms with E-state index < -0.39 is 6.04 Å². The predicted octanol–water partition coefficient (Wildman–Crippen LogP) is 4.36. The summed E-state index contributed by atoms with van der Waals surface area (Å²) in [6.07, 6.45) is 1.44. The van der Waals surface area contributed by atoms with Crippen molar-refractivity contribution in [2.45, 2.75) is 19.9 Å². The fraction of sp³-hybridized carbons (Fsp3) is 0.174. The lowest BCUT2D eigenvalue weighted by Crippen LogP contribution is -2.31. The van der Waals surface area contributed by atoms with Crippen LogP contribution in [0.25, 0.3) is 20.7 Å².